The van der Waals surface area contributed by atoms with Gasteiger partial charge in [0.05, 0.1) is 0 Å². The van der Waals surface area contributed by atoms with Crippen LogP contribution in [0.5, 0.6) is 0 Å². The SMILES string of the molecule is C[C@@H](CC(=O)O)[C@H]1CCCN(C(=O)OC(C)(C)C)C1. The Labute approximate surface area is 114 Å². The highest BCUT2D eigenvalue weighted by atomic mass is 16.6. The lowest BCUT2D eigenvalue weighted by atomic mass is 9.85. The second kappa shape index (κ2) is 6.26. The Kier molecular flexibility index (Phi) is 5.20. The molecule has 2 atom stereocenters. The van der Waals surface area contributed by atoms with Gasteiger partial charge in [-0.15, -0.1) is 0 Å². The standard InChI is InChI=1S/C14H25NO4/c1-10(8-12(16)17)11-6-5-7-15(9-11)13(18)19-14(2,3)4/h10-11H,5-9H2,1-4H3,(H,16,17)/t10-,11-/m0/s1. The van der Waals surface area contributed by atoms with E-state index in [2.05, 4.69) is 0 Å². The fourth-order valence-corrected chi connectivity index (χ4v) is 2.41. The summed E-state index contributed by atoms with van der Waals surface area (Å²) in [4.78, 5) is 24.4. The van der Waals surface area contributed by atoms with Gasteiger partial charge in [0.25, 0.3) is 0 Å². The Morgan fingerprint density at radius 3 is 2.58 bits per heavy atom. The molecule has 1 saturated heterocycles. The molecule has 1 aliphatic heterocycles. The lowest BCUT2D eigenvalue weighted by Gasteiger charge is -2.36. The fraction of sp³-hybridized carbons (Fsp3) is 0.857. The number of aliphatic carboxylic acids is 1. The Balaban J connectivity index is 2.54. The molecule has 0 saturated carbocycles. The van der Waals surface area contributed by atoms with Crippen LogP contribution in [0.4, 0.5) is 4.79 Å². The quantitative estimate of drug-likeness (QED) is 0.857. The minimum Gasteiger partial charge on any atom is -0.481 e. The number of hydrogen-bond acceptors (Lipinski definition) is 3. The van der Waals surface area contributed by atoms with Gasteiger partial charge < -0.3 is 14.7 Å². The number of carbonyl (C=O) groups excluding carboxylic acids is 1. The third-order valence-electron chi connectivity index (χ3n) is 3.41. The van der Waals surface area contributed by atoms with E-state index in [1.807, 2.05) is 27.7 Å². The Hall–Kier alpha value is -1.26. The maximum Gasteiger partial charge on any atom is 0.410 e. The van der Waals surface area contributed by atoms with Crippen molar-refractivity contribution in [1.82, 2.24) is 4.90 Å². The van der Waals surface area contributed by atoms with Crippen molar-refractivity contribution in [2.24, 2.45) is 11.8 Å². The van der Waals surface area contributed by atoms with E-state index in [0.29, 0.717) is 13.1 Å². The zero-order valence-electron chi connectivity index (χ0n) is 12.3. The van der Waals surface area contributed by atoms with Gasteiger partial charge in [-0.2, -0.15) is 0 Å². The van der Waals surface area contributed by atoms with Gasteiger partial charge >= 0.3 is 12.1 Å². The van der Waals surface area contributed by atoms with Crippen molar-refractivity contribution in [2.75, 3.05) is 13.1 Å². The van der Waals surface area contributed by atoms with Gasteiger partial charge in [-0.25, -0.2) is 4.79 Å². The first-order valence-electron chi connectivity index (χ1n) is 6.89. The van der Waals surface area contributed by atoms with Crippen LogP contribution in [0.3, 0.4) is 0 Å². The highest BCUT2D eigenvalue weighted by molar-refractivity contribution is 5.68. The van der Waals surface area contributed by atoms with Gasteiger partial charge in [0.2, 0.25) is 0 Å². The monoisotopic (exact) mass is 271 g/mol. The van der Waals surface area contributed by atoms with Gasteiger partial charge in [-0.05, 0) is 45.4 Å². The van der Waals surface area contributed by atoms with E-state index < -0.39 is 11.6 Å². The lowest BCUT2D eigenvalue weighted by Crippen LogP contribution is -2.44. The number of likely N-dealkylation sites (tertiary alicyclic amines) is 1. The molecule has 0 aromatic rings. The summed E-state index contributed by atoms with van der Waals surface area (Å²) < 4.78 is 5.36. The van der Waals surface area contributed by atoms with E-state index in [-0.39, 0.29) is 24.3 Å². The zero-order chi connectivity index (χ0) is 14.6. The number of piperidine rings is 1. The largest absolute Gasteiger partial charge is 0.481 e. The normalized spacial score (nSPS) is 21.9. The Bertz CT molecular complexity index is 335. The highest BCUT2D eigenvalue weighted by Gasteiger charge is 2.30. The number of carbonyl (C=O) groups is 2. The van der Waals surface area contributed by atoms with Crippen LogP contribution in [0.2, 0.25) is 0 Å². The van der Waals surface area contributed by atoms with Crippen LogP contribution in [-0.2, 0) is 9.53 Å². The molecule has 0 unspecified atom stereocenters. The Morgan fingerprint density at radius 2 is 2.05 bits per heavy atom. The number of carboxylic acids is 1. The van der Waals surface area contributed by atoms with Gasteiger partial charge in [-0.1, -0.05) is 6.92 Å². The number of carboxylic acid groups (broad SMARTS) is 1. The van der Waals surface area contributed by atoms with Crippen LogP contribution < -0.4 is 0 Å². The molecule has 1 N–H and O–H groups in total. The van der Waals surface area contributed by atoms with E-state index in [1.54, 1.807) is 4.90 Å². The minimum atomic E-state index is -0.776. The summed E-state index contributed by atoms with van der Waals surface area (Å²) in [6, 6.07) is 0. The maximum atomic E-state index is 12.0. The van der Waals surface area contributed by atoms with Crippen molar-refractivity contribution in [3.05, 3.63) is 0 Å². The number of ether oxygens (including phenoxy) is 1. The fourth-order valence-electron chi connectivity index (χ4n) is 2.41. The molecule has 0 spiro atoms. The third-order valence-corrected chi connectivity index (χ3v) is 3.41. The molecule has 1 amide bonds. The average molecular weight is 271 g/mol. The second-order valence-corrected chi connectivity index (χ2v) is 6.40. The number of amides is 1. The summed E-state index contributed by atoms with van der Waals surface area (Å²) in [5, 5.41) is 8.84. The molecular formula is C14H25NO4. The minimum absolute atomic E-state index is 0.0859. The topological polar surface area (TPSA) is 66.8 Å². The second-order valence-electron chi connectivity index (χ2n) is 6.40. The Morgan fingerprint density at radius 1 is 1.42 bits per heavy atom. The molecular weight excluding hydrogens is 246 g/mol. The first-order valence-corrected chi connectivity index (χ1v) is 6.89. The molecule has 1 aliphatic rings. The van der Waals surface area contributed by atoms with E-state index >= 15 is 0 Å². The molecule has 5 nitrogen and oxygen atoms in total. The summed E-state index contributed by atoms with van der Waals surface area (Å²) in [5.74, 6) is -0.443. The number of nitrogens with zero attached hydrogens (tertiary/aromatic N) is 1. The predicted octanol–water partition coefficient (Wildman–Crippen LogP) is 2.74. The molecule has 1 rings (SSSR count). The van der Waals surface area contributed by atoms with Crippen molar-refractivity contribution in [3.63, 3.8) is 0 Å². The molecule has 1 heterocycles. The van der Waals surface area contributed by atoms with Crippen molar-refractivity contribution >= 4 is 12.1 Å². The molecule has 1 fully saturated rings. The van der Waals surface area contributed by atoms with Gasteiger partial charge in [0.1, 0.15) is 5.60 Å². The van der Waals surface area contributed by atoms with Gasteiger partial charge in [0.15, 0.2) is 0 Å². The summed E-state index contributed by atoms with van der Waals surface area (Å²) >= 11 is 0. The van der Waals surface area contributed by atoms with E-state index in [9.17, 15) is 9.59 Å². The van der Waals surface area contributed by atoms with Crippen molar-refractivity contribution in [3.8, 4) is 0 Å². The molecule has 0 aromatic heterocycles. The molecule has 19 heavy (non-hydrogen) atoms. The van der Waals surface area contributed by atoms with Crippen molar-refractivity contribution in [2.45, 2.75) is 52.6 Å². The average Bonchev–Trinajstić information content (AvgIpc) is 2.26. The van der Waals surface area contributed by atoms with Crippen LogP contribution >= 0.6 is 0 Å². The summed E-state index contributed by atoms with van der Waals surface area (Å²) in [5.41, 5.74) is -0.489. The van der Waals surface area contributed by atoms with Crippen LogP contribution in [0, 0.1) is 11.8 Å². The smallest absolute Gasteiger partial charge is 0.410 e. The van der Waals surface area contributed by atoms with Crippen molar-refractivity contribution in [1.29, 1.82) is 0 Å². The summed E-state index contributed by atoms with van der Waals surface area (Å²) in [6.07, 6.45) is 1.76. The summed E-state index contributed by atoms with van der Waals surface area (Å²) in [7, 11) is 0. The molecule has 110 valence electrons. The van der Waals surface area contributed by atoms with Gasteiger partial charge in [-0.3, -0.25) is 4.79 Å². The first kappa shape index (κ1) is 15.8. The van der Waals surface area contributed by atoms with Crippen LogP contribution in [0.1, 0.15) is 47.0 Å². The van der Waals surface area contributed by atoms with E-state index in [4.69, 9.17) is 9.84 Å². The van der Waals surface area contributed by atoms with Gasteiger partial charge in [0, 0.05) is 19.5 Å². The summed E-state index contributed by atoms with van der Waals surface area (Å²) in [6.45, 7) is 8.78. The number of rotatable bonds is 3. The zero-order valence-corrected chi connectivity index (χ0v) is 12.3. The third kappa shape index (κ3) is 5.49. The molecule has 0 bridgehead atoms. The molecule has 0 aromatic carbocycles. The maximum absolute atomic E-state index is 12.0. The van der Waals surface area contributed by atoms with Crippen molar-refractivity contribution < 1.29 is 19.4 Å². The van der Waals surface area contributed by atoms with Crippen LogP contribution in [0.25, 0.3) is 0 Å². The molecule has 0 radical (unpaired) electrons. The molecule has 5 heteroatoms. The van der Waals surface area contributed by atoms with Crippen LogP contribution in [0.15, 0.2) is 0 Å². The highest BCUT2D eigenvalue weighted by Crippen LogP contribution is 2.27. The van der Waals surface area contributed by atoms with E-state index in [0.717, 1.165) is 12.8 Å². The number of hydrogen-bond donors (Lipinski definition) is 1. The van der Waals surface area contributed by atoms with E-state index in [1.165, 1.54) is 0 Å². The molecule has 0 aliphatic carbocycles. The first-order chi connectivity index (χ1) is 8.69. The predicted molar refractivity (Wildman–Crippen MR) is 71.9 cm³/mol. The lowest BCUT2D eigenvalue weighted by molar-refractivity contribution is -0.138. The van der Waals surface area contributed by atoms with Crippen LogP contribution in [-0.4, -0.2) is 40.8 Å².